The number of nitrogens with zero attached hydrogens (tertiary/aromatic N) is 2. The van der Waals surface area contributed by atoms with Gasteiger partial charge in [-0.3, -0.25) is 0 Å². The van der Waals surface area contributed by atoms with Crippen molar-refractivity contribution in [1.29, 1.82) is 0 Å². The molecule has 1 fully saturated rings. The van der Waals surface area contributed by atoms with Gasteiger partial charge < -0.3 is 9.88 Å². The summed E-state index contributed by atoms with van der Waals surface area (Å²) in [6.07, 6.45) is 6.25. The Kier molecular flexibility index (Phi) is 3.75. The molecular weight excluding hydrogens is 286 g/mol. The lowest BCUT2D eigenvalue weighted by molar-refractivity contribution is 0.508. The van der Waals surface area contributed by atoms with Gasteiger partial charge in [0.15, 0.2) is 9.84 Å². The van der Waals surface area contributed by atoms with E-state index in [9.17, 15) is 8.42 Å². The van der Waals surface area contributed by atoms with Crippen molar-refractivity contribution in [2.45, 2.75) is 43.2 Å². The van der Waals surface area contributed by atoms with Crippen molar-refractivity contribution in [3.05, 3.63) is 24.0 Å². The van der Waals surface area contributed by atoms with E-state index in [0.29, 0.717) is 23.0 Å². The molecule has 1 aliphatic carbocycles. The van der Waals surface area contributed by atoms with Crippen molar-refractivity contribution in [2.75, 3.05) is 6.26 Å². The third-order valence-corrected chi connectivity index (χ3v) is 5.40. The number of aromatic nitrogens is 2. The molecule has 0 unspecified atom stereocenters. The Morgan fingerprint density at radius 2 is 2.05 bits per heavy atom. The van der Waals surface area contributed by atoms with Gasteiger partial charge in [0.05, 0.1) is 17.0 Å². The van der Waals surface area contributed by atoms with E-state index >= 15 is 0 Å². The molecule has 0 saturated heterocycles. The van der Waals surface area contributed by atoms with Gasteiger partial charge >= 0.3 is 0 Å². The van der Waals surface area contributed by atoms with E-state index in [1.807, 2.05) is 17.7 Å². The van der Waals surface area contributed by atoms with E-state index < -0.39 is 9.84 Å². The molecule has 1 saturated carbocycles. The van der Waals surface area contributed by atoms with Gasteiger partial charge in [0.1, 0.15) is 11.3 Å². The number of nitrogens with one attached hydrogen (secondary N) is 1. The van der Waals surface area contributed by atoms with Gasteiger partial charge in [0, 0.05) is 19.3 Å². The van der Waals surface area contributed by atoms with Gasteiger partial charge in [-0.05, 0) is 25.0 Å². The maximum atomic E-state index is 11.9. The zero-order valence-corrected chi connectivity index (χ0v) is 13.3. The Balaban J connectivity index is 1.95. The number of sulfone groups is 1. The molecule has 21 heavy (non-hydrogen) atoms. The molecule has 6 heteroatoms. The SMILES string of the molecule is Cn1c(CNC2CCCC2)nc2c(S(C)(=O)=O)cccc21. The summed E-state index contributed by atoms with van der Waals surface area (Å²) in [5, 5.41) is 3.53. The number of para-hydroxylation sites is 1. The molecule has 2 aromatic rings. The highest BCUT2D eigenvalue weighted by Gasteiger charge is 2.19. The second-order valence-electron chi connectivity index (χ2n) is 5.85. The van der Waals surface area contributed by atoms with Crippen LogP contribution in [0.1, 0.15) is 31.5 Å². The Morgan fingerprint density at radius 1 is 1.33 bits per heavy atom. The lowest BCUT2D eigenvalue weighted by Crippen LogP contribution is -2.26. The second kappa shape index (κ2) is 5.42. The number of rotatable bonds is 4. The van der Waals surface area contributed by atoms with Crippen LogP contribution in [0.15, 0.2) is 23.1 Å². The van der Waals surface area contributed by atoms with Gasteiger partial charge in [-0.15, -0.1) is 0 Å². The lowest BCUT2D eigenvalue weighted by Gasteiger charge is -2.11. The highest BCUT2D eigenvalue weighted by atomic mass is 32.2. The van der Waals surface area contributed by atoms with E-state index in [4.69, 9.17) is 0 Å². The minimum absolute atomic E-state index is 0.308. The summed E-state index contributed by atoms with van der Waals surface area (Å²) in [4.78, 5) is 4.87. The lowest BCUT2D eigenvalue weighted by atomic mass is 10.2. The molecular formula is C15H21N3O2S. The molecule has 3 rings (SSSR count). The third kappa shape index (κ3) is 2.82. The number of imidazole rings is 1. The van der Waals surface area contributed by atoms with Crippen LogP contribution in [0.25, 0.3) is 11.0 Å². The van der Waals surface area contributed by atoms with E-state index in [-0.39, 0.29) is 0 Å². The molecule has 1 aliphatic rings. The first-order valence-corrected chi connectivity index (χ1v) is 9.24. The predicted octanol–water partition coefficient (Wildman–Crippen LogP) is 2.01. The van der Waals surface area contributed by atoms with Crippen LogP contribution in [0.4, 0.5) is 0 Å². The van der Waals surface area contributed by atoms with Crippen LogP contribution in [0.3, 0.4) is 0 Å². The molecule has 1 aromatic heterocycles. The van der Waals surface area contributed by atoms with Crippen molar-refractivity contribution in [2.24, 2.45) is 7.05 Å². The molecule has 0 radical (unpaired) electrons. The van der Waals surface area contributed by atoms with Gasteiger partial charge in [0.25, 0.3) is 0 Å². The number of hydrogen-bond acceptors (Lipinski definition) is 4. The second-order valence-corrected chi connectivity index (χ2v) is 7.83. The minimum atomic E-state index is -3.26. The van der Waals surface area contributed by atoms with E-state index in [2.05, 4.69) is 10.3 Å². The first-order valence-electron chi connectivity index (χ1n) is 7.34. The molecule has 0 aliphatic heterocycles. The summed E-state index contributed by atoms with van der Waals surface area (Å²) in [6, 6.07) is 5.88. The smallest absolute Gasteiger partial charge is 0.177 e. The average Bonchev–Trinajstić information content (AvgIpc) is 3.04. The molecule has 0 amide bonds. The first-order chi connectivity index (χ1) is 9.97. The highest BCUT2D eigenvalue weighted by Crippen LogP contribution is 2.23. The molecule has 0 bridgehead atoms. The Bertz CT molecular complexity index is 759. The summed E-state index contributed by atoms with van der Waals surface area (Å²) in [5.74, 6) is 0.882. The first kappa shape index (κ1) is 14.5. The van der Waals surface area contributed by atoms with Crippen molar-refractivity contribution in [3.63, 3.8) is 0 Å². The number of aryl methyl sites for hydroxylation is 1. The predicted molar refractivity (Wildman–Crippen MR) is 82.9 cm³/mol. The van der Waals surface area contributed by atoms with E-state index in [0.717, 1.165) is 11.3 Å². The summed E-state index contributed by atoms with van der Waals surface area (Å²) in [5.41, 5.74) is 1.44. The van der Waals surface area contributed by atoms with E-state index in [1.165, 1.54) is 31.9 Å². The quantitative estimate of drug-likeness (QED) is 0.938. The van der Waals surface area contributed by atoms with E-state index in [1.54, 1.807) is 12.1 Å². The topological polar surface area (TPSA) is 64.0 Å². The molecule has 1 heterocycles. The third-order valence-electron chi connectivity index (χ3n) is 4.27. The number of fused-ring (bicyclic) bond motifs is 1. The summed E-state index contributed by atoms with van der Waals surface area (Å²) in [6.45, 7) is 0.680. The molecule has 0 atom stereocenters. The van der Waals surface area contributed by atoms with Crippen LogP contribution in [-0.2, 0) is 23.4 Å². The minimum Gasteiger partial charge on any atom is -0.330 e. The van der Waals surface area contributed by atoms with Crippen LogP contribution < -0.4 is 5.32 Å². The Labute approximate surface area is 125 Å². The van der Waals surface area contributed by atoms with Crippen LogP contribution >= 0.6 is 0 Å². The fourth-order valence-electron chi connectivity index (χ4n) is 3.06. The van der Waals surface area contributed by atoms with Crippen molar-refractivity contribution >= 4 is 20.9 Å². The average molecular weight is 307 g/mol. The zero-order chi connectivity index (χ0) is 15.0. The summed E-state index contributed by atoms with van der Waals surface area (Å²) < 4.78 is 25.7. The van der Waals surface area contributed by atoms with Crippen molar-refractivity contribution in [1.82, 2.24) is 14.9 Å². The van der Waals surface area contributed by atoms with Crippen molar-refractivity contribution in [3.8, 4) is 0 Å². The van der Waals surface area contributed by atoms with Gasteiger partial charge in [-0.2, -0.15) is 0 Å². The molecule has 0 spiro atoms. The van der Waals surface area contributed by atoms with Crippen LogP contribution in [0, 0.1) is 0 Å². The Hall–Kier alpha value is -1.40. The molecule has 1 aromatic carbocycles. The number of hydrogen-bond donors (Lipinski definition) is 1. The fraction of sp³-hybridized carbons (Fsp3) is 0.533. The van der Waals surface area contributed by atoms with Gasteiger partial charge in [-0.1, -0.05) is 18.9 Å². The Morgan fingerprint density at radius 3 is 2.71 bits per heavy atom. The van der Waals surface area contributed by atoms with Crippen LogP contribution in [-0.4, -0.2) is 30.3 Å². The highest BCUT2D eigenvalue weighted by molar-refractivity contribution is 7.91. The van der Waals surface area contributed by atoms with Gasteiger partial charge in [0.2, 0.25) is 0 Å². The van der Waals surface area contributed by atoms with Crippen molar-refractivity contribution < 1.29 is 8.42 Å². The zero-order valence-electron chi connectivity index (χ0n) is 12.5. The maximum absolute atomic E-state index is 11.9. The number of benzene rings is 1. The molecule has 114 valence electrons. The standard InChI is InChI=1S/C15H21N3O2S/c1-18-12-8-5-9-13(21(2,19)20)15(12)17-14(18)10-16-11-6-3-4-7-11/h5,8-9,11,16H,3-4,6-7,10H2,1-2H3. The van der Waals surface area contributed by atoms with Gasteiger partial charge in [-0.25, -0.2) is 13.4 Å². The van der Waals surface area contributed by atoms with Crippen LogP contribution in [0.2, 0.25) is 0 Å². The fourth-order valence-corrected chi connectivity index (χ4v) is 3.89. The summed E-state index contributed by atoms with van der Waals surface area (Å²) in [7, 11) is -1.32. The summed E-state index contributed by atoms with van der Waals surface area (Å²) >= 11 is 0. The normalized spacial score (nSPS) is 16.9. The molecule has 1 N–H and O–H groups in total. The maximum Gasteiger partial charge on any atom is 0.177 e. The van der Waals surface area contributed by atoms with Crippen LogP contribution in [0.5, 0.6) is 0 Å². The monoisotopic (exact) mass is 307 g/mol. The largest absolute Gasteiger partial charge is 0.330 e. The molecule has 5 nitrogen and oxygen atoms in total.